The van der Waals surface area contributed by atoms with Gasteiger partial charge in [-0.15, -0.1) is 0 Å². The van der Waals surface area contributed by atoms with Gasteiger partial charge in [0.15, 0.2) is 0 Å². The highest BCUT2D eigenvalue weighted by atomic mass is 14.9. The summed E-state index contributed by atoms with van der Waals surface area (Å²) in [6, 6.07) is 7.65. The van der Waals surface area contributed by atoms with Gasteiger partial charge in [0, 0.05) is 12.1 Å². The van der Waals surface area contributed by atoms with Crippen molar-refractivity contribution < 1.29 is 0 Å². The van der Waals surface area contributed by atoms with Crippen molar-refractivity contribution in [1.82, 2.24) is 5.32 Å². The highest BCUT2D eigenvalue weighted by Crippen LogP contribution is 2.16. The Hall–Kier alpha value is -0.820. The van der Waals surface area contributed by atoms with Crippen LogP contribution in [0.4, 0.5) is 0 Å². The van der Waals surface area contributed by atoms with Crippen LogP contribution < -0.4 is 5.32 Å². The average molecular weight is 191 g/mol. The van der Waals surface area contributed by atoms with Crippen LogP contribution in [0.15, 0.2) is 18.2 Å². The Bertz CT molecular complexity index is 302. The van der Waals surface area contributed by atoms with Gasteiger partial charge in [0.25, 0.3) is 0 Å². The zero-order valence-electron chi connectivity index (χ0n) is 9.89. The Morgan fingerprint density at radius 1 is 1.00 bits per heavy atom. The maximum absolute atomic E-state index is 3.51. The fourth-order valence-electron chi connectivity index (χ4n) is 1.63. The molecular weight excluding hydrogens is 170 g/mol. The van der Waals surface area contributed by atoms with Crippen molar-refractivity contribution in [2.45, 2.75) is 46.7 Å². The molecule has 1 nitrogen and oxygen atoms in total. The lowest BCUT2D eigenvalue weighted by atomic mass is 10.0. The van der Waals surface area contributed by atoms with Crippen LogP contribution in [0.1, 0.15) is 43.5 Å². The molecule has 1 aromatic carbocycles. The topological polar surface area (TPSA) is 12.0 Å². The molecule has 1 unspecified atom stereocenters. The van der Waals surface area contributed by atoms with Gasteiger partial charge in [0.2, 0.25) is 0 Å². The maximum atomic E-state index is 3.51. The van der Waals surface area contributed by atoms with E-state index in [0.717, 1.165) is 0 Å². The summed E-state index contributed by atoms with van der Waals surface area (Å²) >= 11 is 0. The summed E-state index contributed by atoms with van der Waals surface area (Å²) in [5.74, 6) is 0. The van der Waals surface area contributed by atoms with Gasteiger partial charge in [-0.05, 0) is 37.5 Å². The first-order valence-corrected chi connectivity index (χ1v) is 5.34. The van der Waals surface area contributed by atoms with Crippen LogP contribution in [-0.2, 0) is 0 Å². The minimum absolute atomic E-state index is 0.439. The molecule has 0 heterocycles. The highest BCUT2D eigenvalue weighted by molar-refractivity contribution is 5.31. The molecule has 0 saturated carbocycles. The normalized spacial score (nSPS) is 13.3. The second-order valence-corrected chi connectivity index (χ2v) is 4.39. The zero-order chi connectivity index (χ0) is 10.7. The van der Waals surface area contributed by atoms with E-state index in [2.05, 4.69) is 58.1 Å². The van der Waals surface area contributed by atoms with Crippen molar-refractivity contribution in [3.63, 3.8) is 0 Å². The first-order chi connectivity index (χ1) is 6.50. The van der Waals surface area contributed by atoms with E-state index in [1.54, 1.807) is 0 Å². The molecule has 0 aliphatic carbocycles. The SMILES string of the molecule is Cc1ccc(C(C)NC(C)C)cc1C. The lowest BCUT2D eigenvalue weighted by Gasteiger charge is -2.18. The summed E-state index contributed by atoms with van der Waals surface area (Å²) in [6.07, 6.45) is 0. The van der Waals surface area contributed by atoms with Crippen LogP contribution in [0.3, 0.4) is 0 Å². The van der Waals surface area contributed by atoms with E-state index >= 15 is 0 Å². The number of rotatable bonds is 3. The molecule has 0 bridgehead atoms. The lowest BCUT2D eigenvalue weighted by Crippen LogP contribution is -2.26. The molecule has 0 radical (unpaired) electrons. The van der Waals surface area contributed by atoms with Crippen LogP contribution in [0, 0.1) is 13.8 Å². The first-order valence-electron chi connectivity index (χ1n) is 5.34. The molecule has 1 aromatic rings. The van der Waals surface area contributed by atoms with Crippen LogP contribution in [0.25, 0.3) is 0 Å². The van der Waals surface area contributed by atoms with Gasteiger partial charge >= 0.3 is 0 Å². The van der Waals surface area contributed by atoms with Gasteiger partial charge in [-0.3, -0.25) is 0 Å². The molecule has 1 N–H and O–H groups in total. The molecule has 1 atom stereocenters. The third kappa shape index (κ3) is 2.85. The second-order valence-electron chi connectivity index (χ2n) is 4.39. The van der Waals surface area contributed by atoms with Crippen LogP contribution in [0.5, 0.6) is 0 Å². The van der Waals surface area contributed by atoms with E-state index in [1.165, 1.54) is 16.7 Å². The molecule has 0 spiro atoms. The minimum Gasteiger partial charge on any atom is -0.308 e. The van der Waals surface area contributed by atoms with E-state index < -0.39 is 0 Å². The van der Waals surface area contributed by atoms with Gasteiger partial charge in [0.05, 0.1) is 0 Å². The number of hydrogen-bond acceptors (Lipinski definition) is 1. The Balaban J connectivity index is 2.80. The van der Waals surface area contributed by atoms with Gasteiger partial charge < -0.3 is 5.32 Å². The molecule has 0 aliphatic rings. The fourth-order valence-corrected chi connectivity index (χ4v) is 1.63. The van der Waals surface area contributed by atoms with Crippen LogP contribution in [-0.4, -0.2) is 6.04 Å². The van der Waals surface area contributed by atoms with E-state index in [-0.39, 0.29) is 0 Å². The summed E-state index contributed by atoms with van der Waals surface area (Å²) < 4.78 is 0. The van der Waals surface area contributed by atoms with Crippen molar-refractivity contribution >= 4 is 0 Å². The molecule has 0 amide bonds. The summed E-state index contributed by atoms with van der Waals surface area (Å²) in [6.45, 7) is 10.9. The third-order valence-electron chi connectivity index (χ3n) is 2.61. The summed E-state index contributed by atoms with van der Waals surface area (Å²) in [5.41, 5.74) is 4.12. The monoisotopic (exact) mass is 191 g/mol. The largest absolute Gasteiger partial charge is 0.308 e. The molecule has 0 fully saturated rings. The predicted octanol–water partition coefficient (Wildman–Crippen LogP) is 3.36. The fraction of sp³-hybridized carbons (Fsp3) is 0.538. The van der Waals surface area contributed by atoms with Crippen LogP contribution >= 0.6 is 0 Å². The number of nitrogens with one attached hydrogen (secondary N) is 1. The van der Waals surface area contributed by atoms with Crippen molar-refractivity contribution in [2.75, 3.05) is 0 Å². The predicted molar refractivity (Wildman–Crippen MR) is 62.6 cm³/mol. The van der Waals surface area contributed by atoms with Gasteiger partial charge in [-0.2, -0.15) is 0 Å². The van der Waals surface area contributed by atoms with Gasteiger partial charge in [-0.25, -0.2) is 0 Å². The molecule has 0 aliphatic heterocycles. The second kappa shape index (κ2) is 4.61. The minimum atomic E-state index is 0.439. The van der Waals surface area contributed by atoms with Gasteiger partial charge in [-0.1, -0.05) is 32.0 Å². The summed E-state index contributed by atoms with van der Waals surface area (Å²) in [5, 5.41) is 3.51. The Morgan fingerprint density at radius 3 is 2.14 bits per heavy atom. The standard InChI is InChI=1S/C13H21N/c1-9(2)14-12(5)13-7-6-10(3)11(4)8-13/h6-9,12,14H,1-5H3. The zero-order valence-corrected chi connectivity index (χ0v) is 9.89. The van der Waals surface area contributed by atoms with Crippen molar-refractivity contribution in [1.29, 1.82) is 0 Å². The van der Waals surface area contributed by atoms with Crippen molar-refractivity contribution in [3.8, 4) is 0 Å². The van der Waals surface area contributed by atoms with Crippen molar-refractivity contribution in [2.24, 2.45) is 0 Å². The van der Waals surface area contributed by atoms with Crippen molar-refractivity contribution in [3.05, 3.63) is 34.9 Å². The molecule has 78 valence electrons. The number of benzene rings is 1. The quantitative estimate of drug-likeness (QED) is 0.772. The summed E-state index contributed by atoms with van der Waals surface area (Å²) in [4.78, 5) is 0. The number of hydrogen-bond donors (Lipinski definition) is 1. The molecular formula is C13H21N. The Kier molecular flexibility index (Phi) is 3.70. The third-order valence-corrected chi connectivity index (χ3v) is 2.61. The van der Waals surface area contributed by atoms with E-state index in [0.29, 0.717) is 12.1 Å². The summed E-state index contributed by atoms with van der Waals surface area (Å²) in [7, 11) is 0. The molecule has 14 heavy (non-hydrogen) atoms. The van der Waals surface area contributed by atoms with Crippen LogP contribution in [0.2, 0.25) is 0 Å². The Morgan fingerprint density at radius 2 is 1.64 bits per heavy atom. The first kappa shape index (κ1) is 11.3. The average Bonchev–Trinajstić information content (AvgIpc) is 2.08. The Labute approximate surface area is 87.5 Å². The maximum Gasteiger partial charge on any atom is 0.0294 e. The molecule has 0 aromatic heterocycles. The van der Waals surface area contributed by atoms with E-state index in [4.69, 9.17) is 0 Å². The smallest absolute Gasteiger partial charge is 0.0294 e. The lowest BCUT2D eigenvalue weighted by molar-refractivity contribution is 0.506. The van der Waals surface area contributed by atoms with E-state index in [9.17, 15) is 0 Å². The number of aryl methyl sites for hydroxylation is 2. The van der Waals surface area contributed by atoms with Gasteiger partial charge in [0.1, 0.15) is 0 Å². The molecule has 0 saturated heterocycles. The molecule has 1 rings (SSSR count). The highest BCUT2D eigenvalue weighted by Gasteiger charge is 2.06. The van der Waals surface area contributed by atoms with E-state index in [1.807, 2.05) is 0 Å². The molecule has 1 heteroatoms.